The van der Waals surface area contributed by atoms with E-state index in [1.807, 2.05) is 25.4 Å². The molecule has 2 nitrogen and oxygen atoms in total. The minimum atomic E-state index is -0.261. The Morgan fingerprint density at radius 1 is 1.10 bits per heavy atom. The highest BCUT2D eigenvalue weighted by Gasteiger charge is 2.18. The number of benzene rings is 2. The van der Waals surface area contributed by atoms with Crippen LogP contribution >= 0.6 is 0 Å². The average Bonchev–Trinajstić information content (AvgIpc) is 2.80. The molecule has 1 N–H and O–H groups in total. The second kappa shape index (κ2) is 5.10. The van der Waals surface area contributed by atoms with E-state index in [4.69, 9.17) is 0 Å². The summed E-state index contributed by atoms with van der Waals surface area (Å²) in [6, 6.07) is 14.4. The lowest BCUT2D eigenvalue weighted by Crippen LogP contribution is -2.05. The molecule has 0 aliphatic rings. The van der Waals surface area contributed by atoms with Gasteiger partial charge in [-0.2, -0.15) is 0 Å². The molecule has 0 aliphatic heterocycles. The first kappa shape index (κ1) is 12.9. The minimum Gasteiger partial charge on any atom is -0.395 e. The molecule has 0 amide bonds. The van der Waals surface area contributed by atoms with E-state index in [2.05, 4.69) is 16.7 Å². The van der Waals surface area contributed by atoms with Crippen molar-refractivity contribution in [1.82, 2.24) is 4.57 Å². The van der Waals surface area contributed by atoms with Gasteiger partial charge in [0.2, 0.25) is 0 Å². The molecule has 0 fully saturated rings. The molecule has 0 saturated heterocycles. The van der Waals surface area contributed by atoms with Crippen LogP contribution in [0.15, 0.2) is 54.7 Å². The summed E-state index contributed by atoms with van der Waals surface area (Å²) in [5.41, 5.74) is 3.12. The van der Waals surface area contributed by atoms with Crippen molar-refractivity contribution in [3.05, 3.63) is 71.7 Å². The summed E-state index contributed by atoms with van der Waals surface area (Å²) >= 11 is 0. The molecule has 0 bridgehead atoms. The van der Waals surface area contributed by atoms with Gasteiger partial charge in [-0.05, 0) is 29.3 Å². The zero-order chi connectivity index (χ0) is 14.1. The van der Waals surface area contributed by atoms with Crippen LogP contribution in [-0.4, -0.2) is 16.3 Å². The molecule has 1 heterocycles. The largest absolute Gasteiger partial charge is 0.395 e. The molecule has 0 aliphatic carbocycles. The van der Waals surface area contributed by atoms with E-state index in [1.165, 1.54) is 12.1 Å². The van der Waals surface area contributed by atoms with Gasteiger partial charge < -0.3 is 9.67 Å². The van der Waals surface area contributed by atoms with E-state index in [1.54, 1.807) is 12.1 Å². The number of nitrogens with zero attached hydrogens (tertiary/aromatic N) is 1. The lowest BCUT2D eigenvalue weighted by molar-refractivity contribution is 0.281. The van der Waals surface area contributed by atoms with Crippen LogP contribution in [-0.2, 0) is 7.05 Å². The number of rotatable bonds is 3. The topological polar surface area (TPSA) is 25.2 Å². The molecule has 3 aromatic rings. The number of aryl methyl sites for hydroxylation is 1. The van der Waals surface area contributed by atoms with Crippen molar-refractivity contribution in [3.63, 3.8) is 0 Å². The van der Waals surface area contributed by atoms with Crippen molar-refractivity contribution in [2.24, 2.45) is 7.05 Å². The number of aliphatic hydroxyl groups is 1. The monoisotopic (exact) mass is 269 g/mol. The van der Waals surface area contributed by atoms with Gasteiger partial charge in [-0.25, -0.2) is 4.39 Å². The summed E-state index contributed by atoms with van der Waals surface area (Å²) in [5, 5.41) is 10.9. The number of aliphatic hydroxyl groups excluding tert-OH is 1. The van der Waals surface area contributed by atoms with E-state index in [-0.39, 0.29) is 18.3 Å². The minimum absolute atomic E-state index is 0.000357. The Morgan fingerprint density at radius 3 is 2.50 bits per heavy atom. The van der Waals surface area contributed by atoms with Crippen molar-refractivity contribution in [2.75, 3.05) is 6.61 Å². The third-order valence-electron chi connectivity index (χ3n) is 3.76. The van der Waals surface area contributed by atoms with Crippen LogP contribution < -0.4 is 0 Å². The lowest BCUT2D eigenvalue weighted by atomic mass is 9.92. The Hall–Kier alpha value is -2.13. The Labute approximate surface area is 117 Å². The summed E-state index contributed by atoms with van der Waals surface area (Å²) in [6.45, 7) is -0.000357. The summed E-state index contributed by atoms with van der Waals surface area (Å²) in [4.78, 5) is 0. The summed E-state index contributed by atoms with van der Waals surface area (Å²) in [7, 11) is 1.99. The van der Waals surface area contributed by atoms with Gasteiger partial charge in [-0.1, -0.05) is 30.3 Å². The molecule has 3 heteroatoms. The van der Waals surface area contributed by atoms with E-state index in [9.17, 15) is 9.50 Å². The first-order chi connectivity index (χ1) is 9.70. The molecule has 1 atom stereocenters. The number of hydrogen-bond donors (Lipinski definition) is 1. The highest BCUT2D eigenvalue weighted by Crippen LogP contribution is 2.31. The molecule has 0 saturated carbocycles. The smallest absolute Gasteiger partial charge is 0.123 e. The maximum absolute atomic E-state index is 13.0. The maximum Gasteiger partial charge on any atom is 0.123 e. The Morgan fingerprint density at radius 2 is 1.80 bits per heavy atom. The quantitative estimate of drug-likeness (QED) is 0.774. The van der Waals surface area contributed by atoms with Gasteiger partial charge >= 0.3 is 0 Å². The fraction of sp³-hybridized carbons (Fsp3) is 0.176. The number of fused-ring (bicyclic) bond motifs is 1. The van der Waals surface area contributed by atoms with Crippen LogP contribution in [0.5, 0.6) is 0 Å². The predicted molar refractivity (Wildman–Crippen MR) is 78.2 cm³/mol. The molecule has 2 aromatic carbocycles. The zero-order valence-corrected chi connectivity index (χ0v) is 11.3. The first-order valence-corrected chi connectivity index (χ1v) is 6.61. The fourth-order valence-corrected chi connectivity index (χ4v) is 2.73. The standard InChI is InChI=1S/C17H16FNO/c1-19-10-15(14-4-2-3-5-17(14)19)16(11-20)12-6-8-13(18)9-7-12/h2-10,16,20H,11H2,1H3. The molecule has 0 radical (unpaired) electrons. The lowest BCUT2D eigenvalue weighted by Gasteiger charge is -2.14. The van der Waals surface area contributed by atoms with Gasteiger partial charge in [0.15, 0.2) is 0 Å². The SMILES string of the molecule is Cn1cc(C(CO)c2ccc(F)cc2)c2ccccc21. The number of aromatic nitrogens is 1. The normalized spacial score (nSPS) is 12.8. The number of para-hydroxylation sites is 1. The Balaban J connectivity index is 2.14. The Bertz CT molecular complexity index is 730. The second-order valence-corrected chi connectivity index (χ2v) is 5.00. The van der Waals surface area contributed by atoms with Crippen molar-refractivity contribution < 1.29 is 9.50 Å². The van der Waals surface area contributed by atoms with Gasteiger partial charge in [0.05, 0.1) is 6.61 Å². The Kier molecular flexibility index (Phi) is 3.28. The van der Waals surface area contributed by atoms with Crippen molar-refractivity contribution >= 4 is 10.9 Å². The number of hydrogen-bond acceptors (Lipinski definition) is 1. The van der Waals surface area contributed by atoms with Crippen LogP contribution in [0, 0.1) is 5.82 Å². The van der Waals surface area contributed by atoms with Crippen LogP contribution in [0.25, 0.3) is 10.9 Å². The zero-order valence-electron chi connectivity index (χ0n) is 11.3. The maximum atomic E-state index is 13.0. The van der Waals surface area contributed by atoms with Crippen LogP contribution in [0.1, 0.15) is 17.0 Å². The van der Waals surface area contributed by atoms with Gasteiger partial charge in [0.1, 0.15) is 5.82 Å². The third kappa shape index (κ3) is 2.10. The molecular formula is C17H16FNO. The molecule has 0 spiro atoms. The van der Waals surface area contributed by atoms with E-state index in [0.29, 0.717) is 0 Å². The van der Waals surface area contributed by atoms with Gasteiger partial charge in [0.25, 0.3) is 0 Å². The second-order valence-electron chi connectivity index (χ2n) is 5.00. The van der Waals surface area contributed by atoms with Crippen molar-refractivity contribution in [3.8, 4) is 0 Å². The molecule has 20 heavy (non-hydrogen) atoms. The highest BCUT2D eigenvalue weighted by molar-refractivity contribution is 5.85. The van der Waals surface area contributed by atoms with E-state index in [0.717, 1.165) is 22.0 Å². The molecule has 3 rings (SSSR count). The summed E-state index contributed by atoms with van der Waals surface area (Å²) in [5.74, 6) is -0.398. The molecular weight excluding hydrogens is 253 g/mol. The highest BCUT2D eigenvalue weighted by atomic mass is 19.1. The average molecular weight is 269 g/mol. The summed E-state index contributed by atoms with van der Waals surface area (Å²) < 4.78 is 15.1. The van der Waals surface area contributed by atoms with Crippen molar-refractivity contribution in [2.45, 2.75) is 5.92 Å². The van der Waals surface area contributed by atoms with Crippen molar-refractivity contribution in [1.29, 1.82) is 0 Å². The molecule has 102 valence electrons. The first-order valence-electron chi connectivity index (χ1n) is 6.61. The summed E-state index contributed by atoms with van der Waals surface area (Å²) in [6.07, 6.45) is 2.04. The van der Waals surface area contributed by atoms with E-state index < -0.39 is 0 Å². The van der Waals surface area contributed by atoms with Crippen LogP contribution in [0.3, 0.4) is 0 Å². The van der Waals surface area contributed by atoms with Gasteiger partial charge in [0, 0.05) is 30.1 Å². The predicted octanol–water partition coefficient (Wildman–Crippen LogP) is 3.44. The van der Waals surface area contributed by atoms with Gasteiger partial charge in [-0.15, -0.1) is 0 Å². The fourth-order valence-electron chi connectivity index (χ4n) is 2.73. The van der Waals surface area contributed by atoms with Crippen LogP contribution in [0.4, 0.5) is 4.39 Å². The molecule has 1 unspecified atom stereocenters. The molecule has 1 aromatic heterocycles. The third-order valence-corrected chi connectivity index (χ3v) is 3.76. The van der Waals surface area contributed by atoms with Gasteiger partial charge in [-0.3, -0.25) is 0 Å². The number of halogens is 1. The van der Waals surface area contributed by atoms with E-state index >= 15 is 0 Å². The van der Waals surface area contributed by atoms with Crippen LogP contribution in [0.2, 0.25) is 0 Å².